The van der Waals surface area contributed by atoms with E-state index in [9.17, 15) is 0 Å². The highest BCUT2D eigenvalue weighted by molar-refractivity contribution is 9.10. The molecule has 1 aromatic rings. The van der Waals surface area contributed by atoms with Gasteiger partial charge in [-0.3, -0.25) is 0 Å². The van der Waals surface area contributed by atoms with Crippen molar-refractivity contribution in [3.63, 3.8) is 0 Å². The van der Waals surface area contributed by atoms with Crippen LogP contribution in [0.5, 0.6) is 5.75 Å². The normalized spacial score (nSPS) is 17.1. The molecule has 1 fully saturated rings. The van der Waals surface area contributed by atoms with Crippen molar-refractivity contribution in [2.45, 2.75) is 18.7 Å². The third-order valence-corrected chi connectivity index (χ3v) is 3.91. The highest BCUT2D eigenvalue weighted by Gasteiger charge is 2.16. The third kappa shape index (κ3) is 3.60. The van der Waals surface area contributed by atoms with Gasteiger partial charge in [0, 0.05) is 18.8 Å². The number of para-hydroxylation sites is 1. The summed E-state index contributed by atoms with van der Waals surface area (Å²) < 4.78 is 12.2. The molecule has 0 spiro atoms. The Balaban J connectivity index is 1.97. The van der Waals surface area contributed by atoms with Crippen LogP contribution in [0.15, 0.2) is 22.7 Å². The van der Waals surface area contributed by atoms with Crippen molar-refractivity contribution in [1.29, 1.82) is 0 Å². The van der Waals surface area contributed by atoms with Crippen molar-refractivity contribution < 1.29 is 9.47 Å². The van der Waals surface area contributed by atoms with Gasteiger partial charge >= 0.3 is 0 Å². The maximum absolute atomic E-state index is 5.91. The smallest absolute Gasteiger partial charge is 0.137 e. The Kier molecular flexibility index (Phi) is 5.14. The quantitative estimate of drug-likeness (QED) is 0.781. The van der Waals surface area contributed by atoms with Crippen LogP contribution in [0.2, 0.25) is 0 Å². The fourth-order valence-corrected chi connectivity index (χ4v) is 2.67. The lowest BCUT2D eigenvalue weighted by Gasteiger charge is -2.23. The molecule has 4 heteroatoms. The summed E-state index contributed by atoms with van der Waals surface area (Å²) in [5.41, 5.74) is 1.04. The van der Waals surface area contributed by atoms with E-state index in [0.717, 1.165) is 48.4 Å². The van der Waals surface area contributed by atoms with Gasteiger partial charge in [0.05, 0.1) is 17.0 Å². The predicted molar refractivity (Wildman–Crippen MR) is 72.7 cm³/mol. The number of hydrogen-bond donors (Lipinski definition) is 0. The molecule has 1 aliphatic heterocycles. The molecule has 17 heavy (non-hydrogen) atoms. The van der Waals surface area contributed by atoms with Gasteiger partial charge in [-0.05, 0) is 40.8 Å². The average molecular weight is 320 g/mol. The van der Waals surface area contributed by atoms with Gasteiger partial charge in [0.15, 0.2) is 0 Å². The fraction of sp³-hybridized carbons (Fsp3) is 0.538. The predicted octanol–water partition coefficient (Wildman–Crippen LogP) is 3.99. The maximum atomic E-state index is 5.91. The summed E-state index contributed by atoms with van der Waals surface area (Å²) in [6, 6.07) is 5.95. The molecule has 1 heterocycles. The van der Waals surface area contributed by atoms with E-state index in [2.05, 4.69) is 15.9 Å². The van der Waals surface area contributed by atoms with Crippen molar-refractivity contribution in [1.82, 2.24) is 0 Å². The molecule has 2 nitrogen and oxygen atoms in total. The molecule has 1 aliphatic rings. The molecule has 0 aromatic heterocycles. The molecule has 0 radical (unpaired) electrons. The number of ether oxygens (including phenoxy) is 2. The lowest BCUT2D eigenvalue weighted by Crippen LogP contribution is -2.21. The van der Waals surface area contributed by atoms with Gasteiger partial charge < -0.3 is 9.47 Å². The van der Waals surface area contributed by atoms with Crippen LogP contribution in [-0.2, 0) is 10.6 Å². The van der Waals surface area contributed by atoms with E-state index in [0.29, 0.717) is 11.8 Å². The van der Waals surface area contributed by atoms with Crippen LogP contribution in [-0.4, -0.2) is 19.8 Å². The topological polar surface area (TPSA) is 18.5 Å². The minimum Gasteiger partial charge on any atom is -0.492 e. The molecule has 0 atom stereocenters. The molecule has 94 valence electrons. The number of benzene rings is 1. The van der Waals surface area contributed by atoms with Crippen molar-refractivity contribution >= 4 is 27.5 Å². The first-order chi connectivity index (χ1) is 8.31. The summed E-state index contributed by atoms with van der Waals surface area (Å²) in [4.78, 5) is 0. The van der Waals surface area contributed by atoms with E-state index < -0.39 is 0 Å². The molecule has 2 rings (SSSR count). The van der Waals surface area contributed by atoms with E-state index in [4.69, 9.17) is 21.1 Å². The molecule has 0 aliphatic carbocycles. The Bertz CT molecular complexity index is 364. The van der Waals surface area contributed by atoms with Crippen LogP contribution >= 0.6 is 27.5 Å². The molecular formula is C13H16BrClO2. The van der Waals surface area contributed by atoms with Crippen molar-refractivity contribution in [2.75, 3.05) is 19.8 Å². The Morgan fingerprint density at radius 2 is 2.12 bits per heavy atom. The third-order valence-electron chi connectivity index (χ3n) is 3.00. The van der Waals surface area contributed by atoms with Crippen LogP contribution in [0.1, 0.15) is 18.4 Å². The highest BCUT2D eigenvalue weighted by atomic mass is 79.9. The van der Waals surface area contributed by atoms with Crippen molar-refractivity contribution in [2.24, 2.45) is 5.92 Å². The average Bonchev–Trinajstić information content (AvgIpc) is 2.38. The van der Waals surface area contributed by atoms with Crippen LogP contribution in [0, 0.1) is 5.92 Å². The van der Waals surface area contributed by atoms with E-state index in [1.165, 1.54) is 0 Å². The van der Waals surface area contributed by atoms with Gasteiger partial charge in [0.1, 0.15) is 5.75 Å². The van der Waals surface area contributed by atoms with Gasteiger partial charge in [-0.2, -0.15) is 0 Å². The Morgan fingerprint density at radius 3 is 2.82 bits per heavy atom. The minimum atomic E-state index is 0.475. The lowest BCUT2D eigenvalue weighted by molar-refractivity contribution is 0.0495. The van der Waals surface area contributed by atoms with E-state index in [1.54, 1.807) is 0 Å². The van der Waals surface area contributed by atoms with Gasteiger partial charge in [-0.1, -0.05) is 12.1 Å². The van der Waals surface area contributed by atoms with Crippen molar-refractivity contribution in [3.05, 3.63) is 28.2 Å². The Morgan fingerprint density at radius 1 is 1.35 bits per heavy atom. The number of alkyl halides is 1. The summed E-state index contributed by atoms with van der Waals surface area (Å²) in [7, 11) is 0. The molecule has 0 saturated carbocycles. The zero-order valence-electron chi connectivity index (χ0n) is 9.62. The Labute approximate surface area is 115 Å². The molecule has 0 amide bonds. The second-order valence-corrected chi connectivity index (χ2v) is 5.35. The molecule has 1 saturated heterocycles. The second kappa shape index (κ2) is 6.62. The molecule has 0 unspecified atom stereocenters. The highest BCUT2D eigenvalue weighted by Crippen LogP contribution is 2.31. The zero-order chi connectivity index (χ0) is 12.1. The SMILES string of the molecule is ClCc1cccc(Br)c1OCC1CCOCC1. The summed E-state index contributed by atoms with van der Waals surface area (Å²) in [6.07, 6.45) is 2.17. The number of rotatable bonds is 4. The number of halogens is 2. The monoisotopic (exact) mass is 318 g/mol. The van der Waals surface area contributed by atoms with E-state index >= 15 is 0 Å². The molecule has 1 aromatic carbocycles. The number of hydrogen-bond acceptors (Lipinski definition) is 2. The van der Waals surface area contributed by atoms with Crippen LogP contribution in [0.4, 0.5) is 0 Å². The Hall–Kier alpha value is -0.250. The van der Waals surface area contributed by atoms with Gasteiger partial charge in [-0.25, -0.2) is 0 Å². The van der Waals surface area contributed by atoms with Crippen LogP contribution in [0.25, 0.3) is 0 Å². The first-order valence-electron chi connectivity index (χ1n) is 5.85. The van der Waals surface area contributed by atoms with Crippen LogP contribution < -0.4 is 4.74 Å². The van der Waals surface area contributed by atoms with Crippen LogP contribution in [0.3, 0.4) is 0 Å². The minimum absolute atomic E-state index is 0.475. The second-order valence-electron chi connectivity index (χ2n) is 4.23. The van der Waals surface area contributed by atoms with Gasteiger partial charge in [0.2, 0.25) is 0 Å². The molecule has 0 N–H and O–H groups in total. The maximum Gasteiger partial charge on any atom is 0.137 e. The summed E-state index contributed by atoms with van der Waals surface area (Å²) in [6.45, 7) is 2.45. The lowest BCUT2D eigenvalue weighted by atomic mass is 10.0. The summed E-state index contributed by atoms with van der Waals surface area (Å²) in [5.74, 6) is 1.95. The summed E-state index contributed by atoms with van der Waals surface area (Å²) >= 11 is 9.41. The van der Waals surface area contributed by atoms with E-state index in [1.807, 2.05) is 18.2 Å². The fourth-order valence-electron chi connectivity index (χ4n) is 1.93. The van der Waals surface area contributed by atoms with Gasteiger partial charge in [0.25, 0.3) is 0 Å². The standard InChI is InChI=1S/C13H16BrClO2/c14-12-3-1-2-11(8-15)13(12)17-9-10-4-6-16-7-5-10/h1-3,10H,4-9H2. The summed E-state index contributed by atoms with van der Waals surface area (Å²) in [5, 5.41) is 0. The van der Waals surface area contributed by atoms with Gasteiger partial charge in [-0.15, -0.1) is 11.6 Å². The molecule has 0 bridgehead atoms. The molecular weight excluding hydrogens is 303 g/mol. The van der Waals surface area contributed by atoms with Crippen molar-refractivity contribution in [3.8, 4) is 5.75 Å². The zero-order valence-corrected chi connectivity index (χ0v) is 12.0. The van der Waals surface area contributed by atoms with E-state index in [-0.39, 0.29) is 0 Å². The first-order valence-corrected chi connectivity index (χ1v) is 7.18. The largest absolute Gasteiger partial charge is 0.492 e. The first kappa shape index (κ1) is 13.2.